The molecule has 0 radical (unpaired) electrons. The lowest BCUT2D eigenvalue weighted by atomic mass is 9.76. The zero-order valence-corrected chi connectivity index (χ0v) is 22.4. The molecule has 1 aliphatic heterocycles. The minimum Gasteiger partial charge on any atom is -0.489 e. The molecule has 2 unspecified atom stereocenters. The largest absolute Gasteiger partial charge is 0.489 e. The lowest BCUT2D eigenvalue weighted by Gasteiger charge is -2.49. The van der Waals surface area contributed by atoms with Crippen LogP contribution in [0, 0.1) is 18.2 Å². The van der Waals surface area contributed by atoms with Gasteiger partial charge in [0, 0.05) is 29.8 Å². The fourth-order valence-corrected chi connectivity index (χ4v) is 5.23. The highest BCUT2D eigenvalue weighted by molar-refractivity contribution is 6.07. The average molecular weight is 588 g/mol. The molecule has 41 heavy (non-hydrogen) atoms. The number of nitrogens with one attached hydrogen (secondary N) is 1. The number of benzene rings is 1. The lowest BCUT2D eigenvalue weighted by Crippen LogP contribution is -2.68. The molecule has 2 amide bonds. The van der Waals surface area contributed by atoms with Crippen molar-refractivity contribution >= 4 is 23.0 Å². The number of amides is 2. The van der Waals surface area contributed by atoms with Crippen LogP contribution in [0.4, 0.5) is 31.1 Å². The molecule has 0 spiro atoms. The molecule has 2 atom stereocenters. The molecule has 1 aromatic carbocycles. The zero-order valence-electron chi connectivity index (χ0n) is 22.4. The molecule has 14 heteroatoms. The molecule has 222 valence electrons. The highest BCUT2D eigenvalue weighted by Crippen LogP contribution is 2.43. The first-order valence-electron chi connectivity index (χ1n) is 12.5. The van der Waals surface area contributed by atoms with E-state index in [0.29, 0.717) is 4.90 Å². The third-order valence-electron chi connectivity index (χ3n) is 6.85. The summed E-state index contributed by atoms with van der Waals surface area (Å²) in [5.41, 5.74) is -3.32. The van der Waals surface area contributed by atoms with Crippen molar-refractivity contribution < 1.29 is 50.2 Å². The average Bonchev–Trinajstić information content (AvgIpc) is 3.18. The molecule has 0 saturated carbocycles. The van der Waals surface area contributed by atoms with E-state index in [-0.39, 0.29) is 46.6 Å². The number of nitrogens with zero attached hydrogens (tertiary/aromatic N) is 2. The van der Waals surface area contributed by atoms with Gasteiger partial charge in [-0.1, -0.05) is 26.8 Å². The van der Waals surface area contributed by atoms with Crippen molar-refractivity contribution in [2.75, 3.05) is 6.54 Å². The second kappa shape index (κ2) is 10.5. The van der Waals surface area contributed by atoms with Crippen LogP contribution in [0.1, 0.15) is 54.6 Å². The minimum absolute atomic E-state index is 0.0983. The third kappa shape index (κ3) is 5.77. The molecule has 3 aromatic rings. The smallest absolute Gasteiger partial charge is 0.433 e. The van der Waals surface area contributed by atoms with Crippen LogP contribution in [0.3, 0.4) is 0 Å². The number of carboxylic acid groups (broad SMARTS) is 1. The Kier molecular flexibility index (Phi) is 7.65. The second-order valence-electron chi connectivity index (χ2n) is 10.8. The summed E-state index contributed by atoms with van der Waals surface area (Å²) >= 11 is 0. The normalized spacial score (nSPS) is 19.3. The van der Waals surface area contributed by atoms with Gasteiger partial charge in [0.2, 0.25) is 0 Å². The van der Waals surface area contributed by atoms with Crippen molar-refractivity contribution in [3.8, 4) is 5.75 Å². The van der Waals surface area contributed by atoms with E-state index in [0.717, 1.165) is 24.4 Å². The van der Waals surface area contributed by atoms with Crippen LogP contribution in [-0.2, 0) is 12.8 Å². The number of piperidine rings is 1. The van der Waals surface area contributed by atoms with Crippen molar-refractivity contribution in [3.63, 3.8) is 0 Å². The summed E-state index contributed by atoms with van der Waals surface area (Å²) in [4.78, 5) is 28.9. The number of ether oxygens (including phenoxy) is 1. The summed E-state index contributed by atoms with van der Waals surface area (Å²) in [5.74, 6) is -6.02. The van der Waals surface area contributed by atoms with Crippen LogP contribution >= 0.6 is 0 Å². The number of alkyl halides is 5. The zero-order chi connectivity index (χ0) is 30.5. The van der Waals surface area contributed by atoms with Gasteiger partial charge in [-0.2, -0.15) is 13.2 Å². The number of hydrogen-bond donors (Lipinski definition) is 2. The number of halogens is 6. The molecule has 2 N–H and O–H groups in total. The van der Waals surface area contributed by atoms with Crippen LogP contribution in [0.5, 0.6) is 5.75 Å². The standard InChI is InChI=1S/C27H27F6N3O5/c1-13-19(22(37)35-18-7-9-36(24(38)39)23(25(2,3)4)26(18,29)30)16-10-15(11-17(28)20(16)41-13)40-12-14-6-5-8-34-21(14)27(31,32)33/h5-6,8,10-11,18,23H,7,9,12H2,1-4H3,(H,35,37)(H,38,39). The van der Waals surface area contributed by atoms with E-state index in [1.165, 1.54) is 33.8 Å². The highest BCUT2D eigenvalue weighted by Gasteiger charge is 2.59. The van der Waals surface area contributed by atoms with E-state index in [1.54, 1.807) is 0 Å². The molecule has 8 nitrogen and oxygen atoms in total. The molecule has 3 heterocycles. The van der Waals surface area contributed by atoms with E-state index >= 15 is 8.78 Å². The lowest BCUT2D eigenvalue weighted by molar-refractivity contribution is -0.154. The first-order valence-corrected chi connectivity index (χ1v) is 12.5. The summed E-state index contributed by atoms with van der Waals surface area (Å²) in [7, 11) is 0. The Bertz CT molecular complexity index is 1480. The van der Waals surface area contributed by atoms with Crippen LogP contribution in [0.2, 0.25) is 0 Å². The predicted octanol–water partition coefficient (Wildman–Crippen LogP) is 6.41. The van der Waals surface area contributed by atoms with Crippen LogP contribution in [-0.4, -0.2) is 51.5 Å². The molecule has 0 bridgehead atoms. The van der Waals surface area contributed by atoms with E-state index in [1.807, 2.05) is 0 Å². The van der Waals surface area contributed by atoms with Gasteiger partial charge >= 0.3 is 12.3 Å². The van der Waals surface area contributed by atoms with Crippen molar-refractivity contribution in [2.24, 2.45) is 5.41 Å². The van der Waals surface area contributed by atoms with Crippen molar-refractivity contribution in [1.82, 2.24) is 15.2 Å². The number of aromatic nitrogens is 1. The summed E-state index contributed by atoms with van der Waals surface area (Å²) in [6, 6.07) is 0.944. The van der Waals surface area contributed by atoms with Gasteiger partial charge in [0.1, 0.15) is 24.2 Å². The minimum atomic E-state index is -4.75. The molecule has 1 saturated heterocycles. The quantitative estimate of drug-likeness (QED) is 0.335. The first kappa shape index (κ1) is 30.0. The Morgan fingerprint density at radius 2 is 1.93 bits per heavy atom. The highest BCUT2D eigenvalue weighted by atomic mass is 19.4. The topological polar surface area (TPSA) is 105 Å². The fraction of sp³-hybridized carbons (Fsp3) is 0.444. The van der Waals surface area contributed by atoms with Gasteiger partial charge in [-0.15, -0.1) is 0 Å². The van der Waals surface area contributed by atoms with E-state index < -0.39 is 59.7 Å². The SMILES string of the molecule is Cc1oc2c(F)cc(OCc3cccnc3C(F)(F)F)cc2c1C(=O)NC1CCN(C(=O)O)C(C(C)(C)C)C1(F)F. The molecule has 4 rings (SSSR count). The van der Waals surface area contributed by atoms with E-state index in [9.17, 15) is 32.3 Å². The molecule has 0 aliphatic carbocycles. The number of likely N-dealkylation sites (tertiary alicyclic amines) is 1. The number of aryl methyl sites for hydroxylation is 1. The first-order chi connectivity index (χ1) is 18.9. The van der Waals surface area contributed by atoms with Gasteiger partial charge in [0.05, 0.1) is 11.6 Å². The summed E-state index contributed by atoms with van der Waals surface area (Å²) in [6.45, 7) is 4.83. The second-order valence-corrected chi connectivity index (χ2v) is 10.8. The Labute approximate surface area is 230 Å². The van der Waals surface area contributed by atoms with Crippen LogP contribution < -0.4 is 10.1 Å². The van der Waals surface area contributed by atoms with Crippen LogP contribution in [0.25, 0.3) is 11.0 Å². The number of rotatable bonds is 5. The Hall–Kier alpha value is -3.97. The monoisotopic (exact) mass is 587 g/mol. The number of carbonyl (C=O) groups is 2. The third-order valence-corrected chi connectivity index (χ3v) is 6.85. The van der Waals surface area contributed by atoms with Gasteiger partial charge in [-0.05, 0) is 30.9 Å². The maximum Gasteiger partial charge on any atom is 0.433 e. The Morgan fingerprint density at radius 1 is 1.24 bits per heavy atom. The molecule has 2 aromatic heterocycles. The predicted molar refractivity (Wildman–Crippen MR) is 133 cm³/mol. The van der Waals surface area contributed by atoms with Gasteiger partial charge in [-0.3, -0.25) is 14.7 Å². The number of pyridine rings is 1. The fourth-order valence-electron chi connectivity index (χ4n) is 5.23. The van der Waals surface area contributed by atoms with Crippen molar-refractivity contribution in [3.05, 3.63) is 58.9 Å². The van der Waals surface area contributed by atoms with Gasteiger partial charge < -0.3 is 19.6 Å². The van der Waals surface area contributed by atoms with E-state index in [4.69, 9.17) is 9.15 Å². The summed E-state index contributed by atoms with van der Waals surface area (Å²) < 4.78 is 96.8. The maximum absolute atomic E-state index is 15.7. The molecular weight excluding hydrogens is 560 g/mol. The summed E-state index contributed by atoms with van der Waals surface area (Å²) in [6.07, 6.45) is -5.68. The number of hydrogen-bond acceptors (Lipinski definition) is 5. The van der Waals surface area contributed by atoms with Gasteiger partial charge in [0.25, 0.3) is 11.8 Å². The molecule has 1 aliphatic rings. The summed E-state index contributed by atoms with van der Waals surface area (Å²) in [5, 5.41) is 11.6. The number of furan rings is 1. The van der Waals surface area contributed by atoms with E-state index in [2.05, 4.69) is 10.3 Å². The number of fused-ring (bicyclic) bond motifs is 1. The Morgan fingerprint density at radius 3 is 2.54 bits per heavy atom. The van der Waals surface area contributed by atoms with Gasteiger partial charge in [0.15, 0.2) is 17.1 Å². The maximum atomic E-state index is 15.7. The number of carbonyl (C=O) groups excluding carboxylic acids is 1. The van der Waals surface area contributed by atoms with Gasteiger partial charge in [-0.25, -0.2) is 18.0 Å². The van der Waals surface area contributed by atoms with Crippen molar-refractivity contribution in [2.45, 2.75) is 64.9 Å². The molecular formula is C27H27F6N3O5. The Balaban J connectivity index is 1.63. The molecule has 1 fully saturated rings. The van der Waals surface area contributed by atoms with Crippen LogP contribution in [0.15, 0.2) is 34.9 Å². The van der Waals surface area contributed by atoms with Crippen molar-refractivity contribution in [1.29, 1.82) is 0 Å².